The van der Waals surface area contributed by atoms with Gasteiger partial charge in [0, 0.05) is 23.7 Å². The average Bonchev–Trinajstić information content (AvgIpc) is 3.18. The van der Waals surface area contributed by atoms with Crippen LogP contribution in [-0.2, 0) is 6.54 Å². The van der Waals surface area contributed by atoms with Crippen molar-refractivity contribution in [1.29, 1.82) is 0 Å². The highest BCUT2D eigenvalue weighted by Crippen LogP contribution is 2.22. The van der Waals surface area contributed by atoms with Gasteiger partial charge in [0.1, 0.15) is 12.4 Å². The number of nitrogens with one attached hydrogen (secondary N) is 1. The normalized spacial score (nSPS) is 16.0. The van der Waals surface area contributed by atoms with Gasteiger partial charge in [-0.3, -0.25) is 0 Å². The van der Waals surface area contributed by atoms with E-state index in [0.29, 0.717) is 12.6 Å². The summed E-state index contributed by atoms with van der Waals surface area (Å²) in [4.78, 5) is 0. The van der Waals surface area contributed by atoms with E-state index in [9.17, 15) is 0 Å². The largest absolute Gasteiger partial charge is 0.489 e. The van der Waals surface area contributed by atoms with Crippen molar-refractivity contribution in [2.45, 2.75) is 32.4 Å². The van der Waals surface area contributed by atoms with Gasteiger partial charge in [0.2, 0.25) is 0 Å². The number of para-hydroxylation sites is 1. The lowest BCUT2D eigenvalue weighted by atomic mass is 10.2. The Balaban J connectivity index is 1.93. The summed E-state index contributed by atoms with van der Waals surface area (Å²) in [6.45, 7) is 3.38. The number of hydrogen-bond donors (Lipinski definition) is 1. The van der Waals surface area contributed by atoms with E-state index in [1.807, 2.05) is 25.1 Å². The minimum absolute atomic E-state index is 0.546. The topological polar surface area (TPSA) is 21.3 Å². The second-order valence-electron chi connectivity index (χ2n) is 4.51. The summed E-state index contributed by atoms with van der Waals surface area (Å²) in [6.07, 6.45) is 2.61. The molecular formula is C14H18ClNO. The number of halogens is 1. The van der Waals surface area contributed by atoms with Gasteiger partial charge in [-0.1, -0.05) is 29.8 Å². The Labute approximate surface area is 108 Å². The predicted octanol–water partition coefficient (Wildman–Crippen LogP) is 3.46. The van der Waals surface area contributed by atoms with E-state index in [1.165, 1.54) is 18.4 Å². The maximum absolute atomic E-state index is 5.75. The fourth-order valence-electron chi connectivity index (χ4n) is 1.56. The van der Waals surface area contributed by atoms with Crippen LogP contribution in [0.4, 0.5) is 0 Å². The highest BCUT2D eigenvalue weighted by molar-refractivity contribution is 6.25. The fraction of sp³-hybridized carbons (Fsp3) is 0.429. The summed E-state index contributed by atoms with van der Waals surface area (Å²) in [6, 6.07) is 8.86. The maximum Gasteiger partial charge on any atom is 0.124 e. The molecule has 1 aromatic carbocycles. The molecule has 0 atom stereocenters. The molecule has 92 valence electrons. The summed E-state index contributed by atoms with van der Waals surface area (Å²) in [7, 11) is 0. The predicted molar refractivity (Wildman–Crippen MR) is 71.4 cm³/mol. The number of hydrogen-bond acceptors (Lipinski definition) is 2. The molecule has 1 aliphatic carbocycles. The van der Waals surface area contributed by atoms with Crippen molar-refractivity contribution in [1.82, 2.24) is 5.32 Å². The van der Waals surface area contributed by atoms with Gasteiger partial charge in [-0.25, -0.2) is 0 Å². The molecule has 0 saturated heterocycles. The lowest BCUT2D eigenvalue weighted by Crippen LogP contribution is -2.16. The summed E-state index contributed by atoms with van der Waals surface area (Å²) in [5.41, 5.74) is 3.80. The third-order valence-electron chi connectivity index (χ3n) is 2.77. The molecule has 0 bridgehead atoms. The van der Waals surface area contributed by atoms with E-state index in [2.05, 4.69) is 11.4 Å². The van der Waals surface area contributed by atoms with Crippen LogP contribution < -0.4 is 10.1 Å². The van der Waals surface area contributed by atoms with Crippen LogP contribution >= 0.6 is 11.6 Å². The molecule has 1 aromatic rings. The second-order valence-corrected chi connectivity index (χ2v) is 4.73. The zero-order valence-corrected chi connectivity index (χ0v) is 10.8. The molecule has 1 N–H and O–H groups in total. The SMILES string of the molecule is C/C(=C/Cl)COc1ccccc1CNC1CC1. The fourth-order valence-corrected chi connectivity index (χ4v) is 1.62. The van der Waals surface area contributed by atoms with Gasteiger partial charge in [0.15, 0.2) is 0 Å². The average molecular weight is 252 g/mol. The van der Waals surface area contributed by atoms with Crippen LogP contribution in [0.3, 0.4) is 0 Å². The molecular weight excluding hydrogens is 234 g/mol. The maximum atomic E-state index is 5.75. The highest BCUT2D eigenvalue weighted by atomic mass is 35.5. The van der Waals surface area contributed by atoms with Crippen LogP contribution in [0.15, 0.2) is 35.4 Å². The second kappa shape index (κ2) is 6.08. The van der Waals surface area contributed by atoms with Crippen LogP contribution in [0.25, 0.3) is 0 Å². The molecule has 0 radical (unpaired) electrons. The van der Waals surface area contributed by atoms with Crippen molar-refractivity contribution >= 4 is 11.6 Å². The Hall–Kier alpha value is -0.990. The molecule has 2 rings (SSSR count). The molecule has 3 heteroatoms. The van der Waals surface area contributed by atoms with Crippen LogP contribution in [0.5, 0.6) is 5.75 Å². The number of rotatable bonds is 6. The lowest BCUT2D eigenvalue weighted by molar-refractivity contribution is 0.347. The van der Waals surface area contributed by atoms with Gasteiger partial charge < -0.3 is 10.1 Å². The zero-order valence-electron chi connectivity index (χ0n) is 10.1. The van der Waals surface area contributed by atoms with Crippen LogP contribution in [0, 0.1) is 0 Å². The Bertz CT molecular complexity index is 399. The Morgan fingerprint density at radius 2 is 2.24 bits per heavy atom. The van der Waals surface area contributed by atoms with Crippen molar-refractivity contribution in [3.05, 3.63) is 40.9 Å². The van der Waals surface area contributed by atoms with E-state index >= 15 is 0 Å². The molecule has 0 amide bonds. The summed E-state index contributed by atoms with van der Waals surface area (Å²) >= 11 is 5.61. The molecule has 1 saturated carbocycles. The van der Waals surface area contributed by atoms with Gasteiger partial charge in [-0.2, -0.15) is 0 Å². The van der Waals surface area contributed by atoms with Gasteiger partial charge in [-0.05, 0) is 31.4 Å². The van der Waals surface area contributed by atoms with Crippen LogP contribution in [0.2, 0.25) is 0 Å². The third kappa shape index (κ3) is 4.06. The molecule has 1 fully saturated rings. The number of ether oxygens (including phenoxy) is 1. The smallest absolute Gasteiger partial charge is 0.124 e. The molecule has 2 nitrogen and oxygen atoms in total. The summed E-state index contributed by atoms with van der Waals surface area (Å²) in [5.74, 6) is 0.943. The molecule has 0 aliphatic heterocycles. The Morgan fingerprint density at radius 3 is 2.94 bits per heavy atom. The summed E-state index contributed by atoms with van der Waals surface area (Å²) in [5, 5.41) is 3.49. The van der Waals surface area contributed by atoms with Gasteiger partial charge >= 0.3 is 0 Å². The first kappa shape index (κ1) is 12.5. The van der Waals surface area contributed by atoms with Crippen molar-refractivity contribution < 1.29 is 4.74 Å². The molecule has 0 unspecified atom stereocenters. The van der Waals surface area contributed by atoms with E-state index in [-0.39, 0.29) is 0 Å². The molecule has 1 aliphatic rings. The van der Waals surface area contributed by atoms with Gasteiger partial charge in [0.05, 0.1) is 0 Å². The first-order chi connectivity index (χ1) is 8.29. The lowest BCUT2D eigenvalue weighted by Gasteiger charge is -2.11. The van der Waals surface area contributed by atoms with Crippen molar-refractivity contribution in [3.63, 3.8) is 0 Å². The molecule has 0 spiro atoms. The van der Waals surface area contributed by atoms with E-state index in [4.69, 9.17) is 16.3 Å². The van der Waals surface area contributed by atoms with Gasteiger partial charge in [0.25, 0.3) is 0 Å². The standard InChI is InChI=1S/C14H18ClNO/c1-11(8-15)10-17-14-5-3-2-4-12(14)9-16-13-6-7-13/h2-5,8,13,16H,6-7,9-10H2,1H3/b11-8-. The Morgan fingerprint density at radius 1 is 1.47 bits per heavy atom. The molecule has 0 aromatic heterocycles. The number of benzene rings is 1. The first-order valence-corrected chi connectivity index (χ1v) is 6.43. The third-order valence-corrected chi connectivity index (χ3v) is 3.15. The van der Waals surface area contributed by atoms with Crippen molar-refractivity contribution in [2.24, 2.45) is 0 Å². The van der Waals surface area contributed by atoms with Crippen molar-refractivity contribution in [2.75, 3.05) is 6.61 Å². The molecule has 0 heterocycles. The minimum atomic E-state index is 0.546. The van der Waals surface area contributed by atoms with E-state index in [1.54, 1.807) is 5.54 Å². The van der Waals surface area contributed by atoms with Crippen molar-refractivity contribution in [3.8, 4) is 5.75 Å². The van der Waals surface area contributed by atoms with Crippen LogP contribution in [0.1, 0.15) is 25.3 Å². The monoisotopic (exact) mass is 251 g/mol. The zero-order chi connectivity index (χ0) is 12.1. The minimum Gasteiger partial charge on any atom is -0.489 e. The summed E-state index contributed by atoms with van der Waals surface area (Å²) < 4.78 is 5.75. The van der Waals surface area contributed by atoms with Gasteiger partial charge in [-0.15, -0.1) is 0 Å². The van der Waals surface area contributed by atoms with E-state index < -0.39 is 0 Å². The van der Waals surface area contributed by atoms with Crippen LogP contribution in [-0.4, -0.2) is 12.6 Å². The molecule has 17 heavy (non-hydrogen) atoms. The Kier molecular flexibility index (Phi) is 4.46. The quantitative estimate of drug-likeness (QED) is 0.836. The van der Waals surface area contributed by atoms with E-state index in [0.717, 1.165) is 17.9 Å². The highest BCUT2D eigenvalue weighted by Gasteiger charge is 2.20. The first-order valence-electron chi connectivity index (χ1n) is 5.99.